The van der Waals surface area contributed by atoms with Crippen LogP contribution in [0, 0.1) is 6.92 Å². The van der Waals surface area contributed by atoms with Gasteiger partial charge in [-0.25, -0.2) is 0 Å². The third-order valence-electron chi connectivity index (χ3n) is 3.83. The van der Waals surface area contributed by atoms with Crippen molar-refractivity contribution in [2.75, 3.05) is 13.1 Å². The Balaban J connectivity index is 1.94. The SMILES string of the molecule is Cc1cccc([C@@H](C)NC(C)C(=O)N2CCCC2)c1. The lowest BCUT2D eigenvalue weighted by Gasteiger charge is -2.24. The van der Waals surface area contributed by atoms with Gasteiger partial charge in [-0.2, -0.15) is 0 Å². The fourth-order valence-electron chi connectivity index (χ4n) is 2.69. The lowest BCUT2D eigenvalue weighted by molar-refractivity contribution is -0.132. The van der Waals surface area contributed by atoms with Crippen LogP contribution in [0.25, 0.3) is 0 Å². The van der Waals surface area contributed by atoms with Crippen LogP contribution >= 0.6 is 0 Å². The predicted octanol–water partition coefficient (Wildman–Crippen LogP) is 2.66. The molecule has 0 bridgehead atoms. The quantitative estimate of drug-likeness (QED) is 0.902. The van der Waals surface area contributed by atoms with Crippen LogP contribution < -0.4 is 5.32 Å². The summed E-state index contributed by atoms with van der Waals surface area (Å²) >= 11 is 0. The first-order valence-electron chi connectivity index (χ1n) is 7.19. The topological polar surface area (TPSA) is 32.3 Å². The van der Waals surface area contributed by atoms with Crippen LogP contribution in [0.1, 0.15) is 43.9 Å². The van der Waals surface area contributed by atoms with Crippen molar-refractivity contribution in [3.05, 3.63) is 35.4 Å². The van der Waals surface area contributed by atoms with E-state index in [1.54, 1.807) is 0 Å². The number of aryl methyl sites for hydroxylation is 1. The molecule has 1 unspecified atom stereocenters. The van der Waals surface area contributed by atoms with Gasteiger partial charge in [-0.15, -0.1) is 0 Å². The molecule has 19 heavy (non-hydrogen) atoms. The maximum atomic E-state index is 12.2. The maximum Gasteiger partial charge on any atom is 0.239 e. The van der Waals surface area contributed by atoms with Crippen molar-refractivity contribution < 1.29 is 4.79 Å². The molecule has 2 rings (SSSR count). The molecule has 0 spiro atoms. The summed E-state index contributed by atoms with van der Waals surface area (Å²) in [7, 11) is 0. The van der Waals surface area contributed by atoms with E-state index in [0.717, 1.165) is 25.9 Å². The number of hydrogen-bond donors (Lipinski definition) is 1. The van der Waals surface area contributed by atoms with Crippen LogP contribution in [0.15, 0.2) is 24.3 Å². The van der Waals surface area contributed by atoms with Gasteiger partial charge in [0.15, 0.2) is 0 Å². The van der Waals surface area contributed by atoms with E-state index in [4.69, 9.17) is 0 Å². The zero-order valence-electron chi connectivity index (χ0n) is 12.1. The van der Waals surface area contributed by atoms with Gasteiger partial charge in [-0.1, -0.05) is 29.8 Å². The summed E-state index contributed by atoms with van der Waals surface area (Å²) in [6.45, 7) is 8.01. The Morgan fingerprint density at radius 2 is 1.95 bits per heavy atom. The molecule has 0 radical (unpaired) electrons. The molecule has 1 aliphatic heterocycles. The Labute approximate surface area is 116 Å². The molecule has 1 amide bonds. The van der Waals surface area contributed by atoms with Crippen molar-refractivity contribution in [2.45, 2.75) is 45.7 Å². The van der Waals surface area contributed by atoms with E-state index >= 15 is 0 Å². The summed E-state index contributed by atoms with van der Waals surface area (Å²) in [6.07, 6.45) is 2.29. The molecule has 1 aromatic rings. The van der Waals surface area contributed by atoms with Crippen molar-refractivity contribution in [3.8, 4) is 0 Å². The Hall–Kier alpha value is -1.35. The van der Waals surface area contributed by atoms with Crippen molar-refractivity contribution in [1.29, 1.82) is 0 Å². The molecule has 1 saturated heterocycles. The van der Waals surface area contributed by atoms with E-state index in [1.165, 1.54) is 11.1 Å². The second-order valence-electron chi connectivity index (χ2n) is 5.56. The van der Waals surface area contributed by atoms with Gasteiger partial charge in [0.2, 0.25) is 5.91 Å². The Bertz CT molecular complexity index is 438. The monoisotopic (exact) mass is 260 g/mol. The summed E-state index contributed by atoms with van der Waals surface area (Å²) in [4.78, 5) is 14.2. The number of benzene rings is 1. The highest BCUT2D eigenvalue weighted by molar-refractivity contribution is 5.81. The van der Waals surface area contributed by atoms with Crippen molar-refractivity contribution in [3.63, 3.8) is 0 Å². The van der Waals surface area contributed by atoms with Crippen molar-refractivity contribution in [1.82, 2.24) is 10.2 Å². The number of carbonyl (C=O) groups excluding carboxylic acids is 1. The second-order valence-corrected chi connectivity index (χ2v) is 5.56. The first kappa shape index (κ1) is 14.1. The molecule has 1 N–H and O–H groups in total. The summed E-state index contributed by atoms with van der Waals surface area (Å²) in [5.41, 5.74) is 2.49. The Morgan fingerprint density at radius 1 is 1.26 bits per heavy atom. The van der Waals surface area contributed by atoms with Crippen LogP contribution in [0.2, 0.25) is 0 Å². The fraction of sp³-hybridized carbons (Fsp3) is 0.562. The minimum absolute atomic E-state index is 0.117. The van der Waals surface area contributed by atoms with Gasteiger partial charge in [-0.05, 0) is 39.2 Å². The molecule has 1 aromatic carbocycles. The molecule has 2 atom stereocenters. The molecule has 1 heterocycles. The molecule has 104 valence electrons. The fourth-order valence-corrected chi connectivity index (χ4v) is 2.69. The van der Waals surface area contributed by atoms with E-state index in [0.29, 0.717) is 0 Å². The van der Waals surface area contributed by atoms with Gasteiger partial charge in [-0.3, -0.25) is 10.1 Å². The van der Waals surface area contributed by atoms with E-state index in [9.17, 15) is 4.79 Å². The normalized spacial score (nSPS) is 18.4. The average molecular weight is 260 g/mol. The largest absolute Gasteiger partial charge is 0.341 e. The summed E-state index contributed by atoms with van der Waals surface area (Å²) in [5, 5.41) is 3.41. The van der Waals surface area contributed by atoms with Crippen molar-refractivity contribution in [2.24, 2.45) is 0 Å². The van der Waals surface area contributed by atoms with Crippen LogP contribution in [0.4, 0.5) is 0 Å². The van der Waals surface area contributed by atoms with Gasteiger partial charge in [0.25, 0.3) is 0 Å². The van der Waals surface area contributed by atoms with Crippen LogP contribution in [-0.4, -0.2) is 29.9 Å². The number of amides is 1. The van der Waals surface area contributed by atoms with E-state index in [-0.39, 0.29) is 18.0 Å². The third-order valence-corrected chi connectivity index (χ3v) is 3.83. The zero-order chi connectivity index (χ0) is 13.8. The minimum Gasteiger partial charge on any atom is -0.341 e. The first-order chi connectivity index (χ1) is 9.08. The van der Waals surface area contributed by atoms with Crippen LogP contribution in [-0.2, 0) is 4.79 Å². The van der Waals surface area contributed by atoms with E-state index < -0.39 is 0 Å². The Kier molecular flexibility index (Phi) is 4.59. The molecule has 0 aliphatic carbocycles. The zero-order valence-corrected chi connectivity index (χ0v) is 12.1. The average Bonchev–Trinajstić information content (AvgIpc) is 2.91. The summed E-state index contributed by atoms with van der Waals surface area (Å²) in [6, 6.07) is 8.52. The van der Waals surface area contributed by atoms with Crippen molar-refractivity contribution >= 4 is 5.91 Å². The van der Waals surface area contributed by atoms with Gasteiger partial charge < -0.3 is 4.90 Å². The number of nitrogens with one attached hydrogen (secondary N) is 1. The molecule has 3 nitrogen and oxygen atoms in total. The number of hydrogen-bond acceptors (Lipinski definition) is 2. The summed E-state index contributed by atoms with van der Waals surface area (Å²) in [5.74, 6) is 0.233. The number of carbonyl (C=O) groups is 1. The highest BCUT2D eigenvalue weighted by Crippen LogP contribution is 2.16. The van der Waals surface area contributed by atoms with Gasteiger partial charge in [0, 0.05) is 19.1 Å². The van der Waals surface area contributed by atoms with Gasteiger partial charge in [0.1, 0.15) is 0 Å². The van der Waals surface area contributed by atoms with Crippen LogP contribution in [0.5, 0.6) is 0 Å². The molecular weight excluding hydrogens is 236 g/mol. The molecule has 1 fully saturated rings. The van der Waals surface area contributed by atoms with Crippen LogP contribution in [0.3, 0.4) is 0 Å². The smallest absolute Gasteiger partial charge is 0.239 e. The molecule has 1 aliphatic rings. The lowest BCUT2D eigenvalue weighted by Crippen LogP contribution is -2.44. The summed E-state index contributed by atoms with van der Waals surface area (Å²) < 4.78 is 0. The highest BCUT2D eigenvalue weighted by atomic mass is 16.2. The number of likely N-dealkylation sites (tertiary alicyclic amines) is 1. The molecule has 0 aromatic heterocycles. The molecule has 3 heteroatoms. The lowest BCUT2D eigenvalue weighted by atomic mass is 10.0. The van der Waals surface area contributed by atoms with Gasteiger partial charge >= 0.3 is 0 Å². The molecule has 0 saturated carbocycles. The maximum absolute atomic E-state index is 12.2. The third kappa shape index (κ3) is 3.57. The predicted molar refractivity (Wildman–Crippen MR) is 78.0 cm³/mol. The molecular formula is C16H24N2O. The van der Waals surface area contributed by atoms with Gasteiger partial charge in [0.05, 0.1) is 6.04 Å². The minimum atomic E-state index is -0.117. The second kappa shape index (κ2) is 6.20. The first-order valence-corrected chi connectivity index (χ1v) is 7.19. The standard InChI is InChI=1S/C16H24N2O/c1-12-7-6-8-15(11-12)13(2)17-14(3)16(19)18-9-4-5-10-18/h6-8,11,13-14,17H,4-5,9-10H2,1-3H3/t13-,14?/m1/s1. The highest BCUT2D eigenvalue weighted by Gasteiger charge is 2.24. The Morgan fingerprint density at radius 3 is 2.58 bits per heavy atom. The van der Waals surface area contributed by atoms with E-state index in [1.807, 2.05) is 11.8 Å². The van der Waals surface area contributed by atoms with E-state index in [2.05, 4.69) is 43.4 Å². The number of rotatable bonds is 4. The number of nitrogens with zero attached hydrogens (tertiary/aromatic N) is 1.